The first kappa shape index (κ1) is 12.1. The van der Waals surface area contributed by atoms with Gasteiger partial charge in [-0.3, -0.25) is 0 Å². The minimum atomic E-state index is -1.28. The highest BCUT2D eigenvalue weighted by Crippen LogP contribution is 2.28. The van der Waals surface area contributed by atoms with Crippen molar-refractivity contribution in [2.75, 3.05) is 0 Å². The van der Waals surface area contributed by atoms with Crippen molar-refractivity contribution in [2.24, 2.45) is 5.92 Å². The van der Waals surface area contributed by atoms with Crippen molar-refractivity contribution in [3.63, 3.8) is 0 Å². The maximum absolute atomic E-state index is 13.7. The van der Waals surface area contributed by atoms with Crippen molar-refractivity contribution in [1.82, 2.24) is 15.0 Å². The van der Waals surface area contributed by atoms with Gasteiger partial charge in [-0.05, 0) is 30.9 Å². The minimum Gasteiger partial charge on any atom is -0.478 e. The number of aromatic carboxylic acids is 1. The van der Waals surface area contributed by atoms with E-state index >= 15 is 0 Å². The van der Waals surface area contributed by atoms with Gasteiger partial charge in [0.1, 0.15) is 22.4 Å². The summed E-state index contributed by atoms with van der Waals surface area (Å²) in [6.45, 7) is 0.611. The highest BCUT2D eigenvalue weighted by molar-refractivity contribution is 6.01. The van der Waals surface area contributed by atoms with E-state index in [0.717, 1.165) is 18.9 Å². The Morgan fingerprint density at radius 2 is 2.16 bits per heavy atom. The summed E-state index contributed by atoms with van der Waals surface area (Å²) in [6, 6.07) is 2.59. The summed E-state index contributed by atoms with van der Waals surface area (Å²) >= 11 is 0. The monoisotopic (exact) mass is 263 g/mol. The average Bonchev–Trinajstić information content (AvgIpc) is 3.00. The average molecular weight is 263 g/mol. The minimum absolute atomic E-state index is 0.291. The molecule has 1 aliphatic rings. The fourth-order valence-electron chi connectivity index (χ4n) is 2.81. The summed E-state index contributed by atoms with van der Waals surface area (Å²) in [7, 11) is 0. The van der Waals surface area contributed by atoms with Gasteiger partial charge in [0.15, 0.2) is 0 Å². The number of carbonyl (C=O) groups is 1. The number of hydrogen-bond acceptors (Lipinski definition) is 3. The molecule has 0 unspecified atom stereocenters. The molecule has 6 heteroatoms. The Morgan fingerprint density at radius 1 is 1.42 bits per heavy atom. The van der Waals surface area contributed by atoms with Crippen LogP contribution in [0.2, 0.25) is 0 Å². The molecule has 1 saturated carbocycles. The second-order valence-electron chi connectivity index (χ2n) is 5.02. The first-order chi connectivity index (χ1) is 9.16. The second-order valence-corrected chi connectivity index (χ2v) is 5.02. The molecule has 0 radical (unpaired) electrons. The molecule has 0 aliphatic heterocycles. The van der Waals surface area contributed by atoms with Crippen LogP contribution in [0.15, 0.2) is 12.1 Å². The summed E-state index contributed by atoms with van der Waals surface area (Å²) in [5, 5.41) is 17.1. The Bertz CT molecular complexity index is 632. The first-order valence-electron chi connectivity index (χ1n) is 6.42. The molecule has 1 aromatic carbocycles. The maximum Gasteiger partial charge on any atom is 0.340 e. The lowest BCUT2D eigenvalue weighted by atomic mass is 10.1. The lowest BCUT2D eigenvalue weighted by Crippen LogP contribution is -2.12. The van der Waals surface area contributed by atoms with E-state index < -0.39 is 11.8 Å². The van der Waals surface area contributed by atoms with Gasteiger partial charge in [0.05, 0.1) is 0 Å². The number of rotatable bonds is 3. The molecular formula is C13H14FN3O2. The van der Waals surface area contributed by atoms with Gasteiger partial charge in [0, 0.05) is 6.54 Å². The number of hydrogen-bond donors (Lipinski definition) is 1. The first-order valence-corrected chi connectivity index (χ1v) is 6.42. The molecular weight excluding hydrogens is 249 g/mol. The van der Waals surface area contributed by atoms with Crippen molar-refractivity contribution in [3.8, 4) is 0 Å². The van der Waals surface area contributed by atoms with E-state index in [1.54, 1.807) is 0 Å². The van der Waals surface area contributed by atoms with Crippen molar-refractivity contribution in [1.29, 1.82) is 0 Å². The van der Waals surface area contributed by atoms with Gasteiger partial charge < -0.3 is 5.11 Å². The molecule has 3 rings (SSSR count). The molecule has 2 aromatic rings. The van der Waals surface area contributed by atoms with Crippen LogP contribution in [0.4, 0.5) is 4.39 Å². The van der Waals surface area contributed by atoms with Gasteiger partial charge in [-0.1, -0.05) is 18.1 Å². The van der Waals surface area contributed by atoms with Crippen LogP contribution in [-0.4, -0.2) is 26.1 Å². The van der Waals surface area contributed by atoms with Gasteiger partial charge in [0.25, 0.3) is 0 Å². The van der Waals surface area contributed by atoms with Gasteiger partial charge >= 0.3 is 5.97 Å². The Kier molecular flexibility index (Phi) is 2.93. The van der Waals surface area contributed by atoms with E-state index in [2.05, 4.69) is 10.3 Å². The molecule has 1 aliphatic carbocycles. The van der Waals surface area contributed by atoms with E-state index in [9.17, 15) is 9.18 Å². The van der Waals surface area contributed by atoms with Gasteiger partial charge in [0.2, 0.25) is 0 Å². The molecule has 19 heavy (non-hydrogen) atoms. The third kappa shape index (κ3) is 2.07. The topological polar surface area (TPSA) is 68.0 Å². The molecule has 0 spiro atoms. The summed E-state index contributed by atoms with van der Waals surface area (Å²) in [4.78, 5) is 11.2. The molecule has 1 aromatic heterocycles. The zero-order valence-electron chi connectivity index (χ0n) is 10.3. The normalized spacial score (nSPS) is 16.3. The fraction of sp³-hybridized carbons (Fsp3) is 0.462. The lowest BCUT2D eigenvalue weighted by Gasteiger charge is -2.10. The third-order valence-corrected chi connectivity index (χ3v) is 3.74. The van der Waals surface area contributed by atoms with Crippen molar-refractivity contribution >= 4 is 17.0 Å². The van der Waals surface area contributed by atoms with Crippen LogP contribution in [0, 0.1) is 11.7 Å². The van der Waals surface area contributed by atoms with E-state index in [1.165, 1.54) is 23.6 Å². The van der Waals surface area contributed by atoms with E-state index in [-0.39, 0.29) is 5.56 Å². The molecule has 0 amide bonds. The molecule has 5 nitrogen and oxygen atoms in total. The van der Waals surface area contributed by atoms with Crippen LogP contribution in [0.25, 0.3) is 11.0 Å². The van der Waals surface area contributed by atoms with Crippen molar-refractivity contribution < 1.29 is 14.3 Å². The zero-order valence-corrected chi connectivity index (χ0v) is 10.3. The van der Waals surface area contributed by atoms with E-state index in [0.29, 0.717) is 23.5 Å². The van der Waals surface area contributed by atoms with E-state index in [4.69, 9.17) is 5.11 Å². The number of aromatic nitrogens is 3. The van der Waals surface area contributed by atoms with Gasteiger partial charge in [-0.2, -0.15) is 0 Å². The maximum atomic E-state index is 13.7. The van der Waals surface area contributed by atoms with Gasteiger partial charge in [-0.15, -0.1) is 5.10 Å². The van der Waals surface area contributed by atoms with Crippen LogP contribution in [-0.2, 0) is 6.54 Å². The summed E-state index contributed by atoms with van der Waals surface area (Å²) in [6.07, 6.45) is 4.60. The highest BCUT2D eigenvalue weighted by Gasteiger charge is 2.22. The molecule has 0 bridgehead atoms. The number of nitrogens with zero attached hydrogens (tertiary/aromatic N) is 3. The highest BCUT2D eigenvalue weighted by atomic mass is 19.1. The summed E-state index contributed by atoms with van der Waals surface area (Å²) < 4.78 is 15.2. The third-order valence-electron chi connectivity index (χ3n) is 3.74. The Hall–Kier alpha value is -1.98. The second kappa shape index (κ2) is 4.60. The Labute approximate surface area is 109 Å². The number of carboxylic acids is 1. The van der Waals surface area contributed by atoms with E-state index in [1.807, 2.05) is 0 Å². The number of halogens is 1. The summed E-state index contributed by atoms with van der Waals surface area (Å²) in [5.41, 5.74) is 0.386. The molecule has 1 heterocycles. The van der Waals surface area contributed by atoms with Crippen molar-refractivity contribution in [3.05, 3.63) is 23.5 Å². The van der Waals surface area contributed by atoms with Crippen LogP contribution in [0.3, 0.4) is 0 Å². The largest absolute Gasteiger partial charge is 0.478 e. The molecule has 100 valence electrons. The van der Waals surface area contributed by atoms with Crippen LogP contribution in [0.1, 0.15) is 36.0 Å². The zero-order chi connectivity index (χ0) is 13.4. The standard InChI is InChI=1S/C13H14FN3O2/c14-9-5-6-10-12(11(9)13(18)19)17(16-15-10)7-8-3-1-2-4-8/h5-6,8H,1-4,7H2,(H,18,19). The molecule has 0 saturated heterocycles. The Morgan fingerprint density at radius 3 is 2.84 bits per heavy atom. The van der Waals surface area contributed by atoms with Gasteiger partial charge in [-0.25, -0.2) is 13.9 Å². The lowest BCUT2D eigenvalue weighted by molar-refractivity contribution is 0.0693. The SMILES string of the molecule is O=C(O)c1c(F)ccc2nnn(CC3CCCC3)c12. The van der Waals surface area contributed by atoms with Crippen LogP contribution in [0.5, 0.6) is 0 Å². The Balaban J connectivity index is 2.09. The predicted molar refractivity (Wildman–Crippen MR) is 66.4 cm³/mol. The van der Waals surface area contributed by atoms with Crippen LogP contribution < -0.4 is 0 Å². The fourth-order valence-corrected chi connectivity index (χ4v) is 2.81. The number of carboxylic acid groups (broad SMARTS) is 1. The number of benzene rings is 1. The smallest absolute Gasteiger partial charge is 0.340 e. The quantitative estimate of drug-likeness (QED) is 0.923. The van der Waals surface area contributed by atoms with Crippen molar-refractivity contribution in [2.45, 2.75) is 32.2 Å². The molecule has 1 fully saturated rings. The van der Waals surface area contributed by atoms with Crippen LogP contribution >= 0.6 is 0 Å². The summed E-state index contributed by atoms with van der Waals surface area (Å²) in [5.74, 6) is -1.54. The number of fused-ring (bicyclic) bond motifs is 1. The predicted octanol–water partition coefficient (Wildman–Crippen LogP) is 2.46. The molecule has 0 atom stereocenters. The molecule has 1 N–H and O–H groups in total.